The van der Waals surface area contributed by atoms with E-state index in [4.69, 9.17) is 5.73 Å². The molecule has 0 saturated carbocycles. The van der Waals surface area contributed by atoms with Gasteiger partial charge in [0.15, 0.2) is 0 Å². The number of nitrogen functional groups attached to an aromatic ring is 1. The molecule has 3 N–H and O–H groups in total. The zero-order valence-electron chi connectivity index (χ0n) is 10.7. The fourth-order valence-corrected chi connectivity index (χ4v) is 2.63. The summed E-state index contributed by atoms with van der Waals surface area (Å²) < 4.78 is 13.8. The normalized spacial score (nSPS) is 18.7. The van der Waals surface area contributed by atoms with Crippen molar-refractivity contribution in [1.29, 1.82) is 0 Å². The third-order valence-corrected chi connectivity index (χ3v) is 3.68. The van der Waals surface area contributed by atoms with E-state index in [1.807, 2.05) is 12.1 Å². The number of benzene rings is 2. The van der Waals surface area contributed by atoms with Crippen LogP contribution in [0.3, 0.4) is 0 Å². The van der Waals surface area contributed by atoms with Crippen LogP contribution in [0, 0.1) is 5.82 Å². The second kappa shape index (κ2) is 5.02. The number of nitrogens with two attached hydrogens (primary N) is 1. The monoisotopic (exact) mass is 256 g/mol. The number of halogens is 1. The average molecular weight is 256 g/mol. The molecule has 2 aromatic carbocycles. The van der Waals surface area contributed by atoms with Crippen molar-refractivity contribution in [2.24, 2.45) is 0 Å². The molecule has 1 aliphatic rings. The van der Waals surface area contributed by atoms with Crippen molar-refractivity contribution in [1.82, 2.24) is 5.32 Å². The van der Waals surface area contributed by atoms with Crippen LogP contribution in [0.4, 0.5) is 10.1 Å². The lowest BCUT2D eigenvalue weighted by Gasteiger charge is -2.11. The number of rotatable bonds is 2. The Morgan fingerprint density at radius 2 is 1.89 bits per heavy atom. The summed E-state index contributed by atoms with van der Waals surface area (Å²) in [4.78, 5) is 0. The van der Waals surface area contributed by atoms with E-state index >= 15 is 0 Å². The first-order valence-electron chi connectivity index (χ1n) is 6.63. The number of nitrogens with one attached hydrogen (secondary N) is 1. The van der Waals surface area contributed by atoms with Crippen LogP contribution in [0.25, 0.3) is 11.1 Å². The summed E-state index contributed by atoms with van der Waals surface area (Å²) in [5.41, 5.74) is 8.78. The van der Waals surface area contributed by atoms with Gasteiger partial charge in [-0.05, 0) is 48.7 Å². The van der Waals surface area contributed by atoms with Crippen LogP contribution in [-0.2, 0) is 0 Å². The van der Waals surface area contributed by atoms with Crippen LogP contribution in [0.2, 0.25) is 0 Å². The summed E-state index contributed by atoms with van der Waals surface area (Å²) in [5, 5.41) is 3.46. The Balaban J connectivity index is 1.89. The summed E-state index contributed by atoms with van der Waals surface area (Å²) in [6.45, 7) is 1.08. The van der Waals surface area contributed by atoms with Gasteiger partial charge in [-0.1, -0.05) is 24.3 Å². The molecule has 1 unspecified atom stereocenters. The van der Waals surface area contributed by atoms with E-state index in [-0.39, 0.29) is 5.82 Å². The summed E-state index contributed by atoms with van der Waals surface area (Å²) >= 11 is 0. The van der Waals surface area contributed by atoms with Crippen LogP contribution < -0.4 is 11.1 Å². The molecule has 2 nitrogen and oxygen atoms in total. The SMILES string of the molecule is Nc1ccc(-c2ccc(C3CCCN3)cc2)c(F)c1. The first-order chi connectivity index (χ1) is 9.24. The maximum Gasteiger partial charge on any atom is 0.133 e. The minimum atomic E-state index is -0.272. The summed E-state index contributed by atoms with van der Waals surface area (Å²) in [6, 6.07) is 13.4. The Morgan fingerprint density at radius 3 is 2.53 bits per heavy atom. The van der Waals surface area contributed by atoms with E-state index in [0.29, 0.717) is 17.3 Å². The lowest BCUT2D eigenvalue weighted by atomic mass is 9.99. The molecule has 0 aromatic heterocycles. The number of hydrogen-bond acceptors (Lipinski definition) is 2. The van der Waals surface area contributed by atoms with Gasteiger partial charge in [-0.3, -0.25) is 0 Å². The molecule has 19 heavy (non-hydrogen) atoms. The highest BCUT2D eigenvalue weighted by molar-refractivity contribution is 5.66. The molecule has 3 rings (SSSR count). The van der Waals surface area contributed by atoms with Crippen molar-refractivity contribution in [3.63, 3.8) is 0 Å². The molecule has 3 heteroatoms. The van der Waals surface area contributed by atoms with E-state index < -0.39 is 0 Å². The van der Waals surface area contributed by atoms with E-state index in [9.17, 15) is 4.39 Å². The van der Waals surface area contributed by atoms with Gasteiger partial charge in [-0.25, -0.2) is 4.39 Å². The van der Waals surface area contributed by atoms with E-state index in [1.165, 1.54) is 24.5 Å². The third kappa shape index (κ3) is 2.47. The lowest BCUT2D eigenvalue weighted by Crippen LogP contribution is -2.12. The standard InChI is InChI=1S/C16H17FN2/c17-15-10-13(18)7-8-14(15)11-3-5-12(6-4-11)16-2-1-9-19-16/h3-8,10,16,19H,1-2,9,18H2. The fourth-order valence-electron chi connectivity index (χ4n) is 2.63. The topological polar surface area (TPSA) is 38.0 Å². The lowest BCUT2D eigenvalue weighted by molar-refractivity contribution is 0.632. The van der Waals surface area contributed by atoms with Gasteiger partial charge in [0.05, 0.1) is 0 Å². The first kappa shape index (κ1) is 12.2. The van der Waals surface area contributed by atoms with E-state index in [1.54, 1.807) is 12.1 Å². The van der Waals surface area contributed by atoms with Gasteiger partial charge >= 0.3 is 0 Å². The maximum absolute atomic E-state index is 13.8. The van der Waals surface area contributed by atoms with Crippen molar-refractivity contribution in [3.05, 3.63) is 53.8 Å². The first-order valence-corrected chi connectivity index (χ1v) is 6.63. The van der Waals surface area contributed by atoms with Crippen LogP contribution in [0.15, 0.2) is 42.5 Å². The van der Waals surface area contributed by atoms with Crippen molar-refractivity contribution in [2.45, 2.75) is 18.9 Å². The Bertz CT molecular complexity index is 572. The summed E-state index contributed by atoms with van der Waals surface area (Å²) in [7, 11) is 0. The second-order valence-electron chi connectivity index (χ2n) is 5.01. The van der Waals surface area contributed by atoms with Gasteiger partial charge in [0.2, 0.25) is 0 Å². The van der Waals surface area contributed by atoms with Gasteiger partial charge < -0.3 is 11.1 Å². The highest BCUT2D eigenvalue weighted by Gasteiger charge is 2.16. The van der Waals surface area contributed by atoms with Gasteiger partial charge in [0, 0.05) is 17.3 Å². The van der Waals surface area contributed by atoms with Crippen LogP contribution in [0.5, 0.6) is 0 Å². The van der Waals surface area contributed by atoms with Crippen LogP contribution >= 0.6 is 0 Å². The van der Waals surface area contributed by atoms with Crippen LogP contribution in [-0.4, -0.2) is 6.54 Å². The predicted octanol–water partition coefficient (Wildman–Crippen LogP) is 3.50. The van der Waals surface area contributed by atoms with E-state index in [0.717, 1.165) is 12.1 Å². The summed E-state index contributed by atoms with van der Waals surface area (Å²) in [6.07, 6.45) is 2.40. The second-order valence-corrected chi connectivity index (χ2v) is 5.01. The Labute approximate surface area is 112 Å². The molecule has 0 spiro atoms. The predicted molar refractivity (Wildman–Crippen MR) is 76.2 cm³/mol. The van der Waals surface area contributed by atoms with Gasteiger partial charge in [-0.2, -0.15) is 0 Å². The molecule has 0 amide bonds. The number of hydrogen-bond donors (Lipinski definition) is 2. The average Bonchev–Trinajstić information content (AvgIpc) is 2.93. The van der Waals surface area contributed by atoms with Crippen molar-refractivity contribution in [2.75, 3.05) is 12.3 Å². The Hall–Kier alpha value is -1.87. The summed E-state index contributed by atoms with van der Waals surface area (Å²) in [5.74, 6) is -0.272. The molecule has 0 bridgehead atoms. The maximum atomic E-state index is 13.8. The van der Waals surface area contributed by atoms with E-state index in [2.05, 4.69) is 17.4 Å². The molecule has 98 valence electrons. The van der Waals surface area contributed by atoms with Crippen molar-refractivity contribution in [3.8, 4) is 11.1 Å². The molecule has 0 radical (unpaired) electrons. The molecule has 1 aliphatic heterocycles. The molecular weight excluding hydrogens is 239 g/mol. The molecule has 1 heterocycles. The van der Waals surface area contributed by atoms with Crippen molar-refractivity contribution < 1.29 is 4.39 Å². The van der Waals surface area contributed by atoms with Gasteiger partial charge in [0.1, 0.15) is 5.82 Å². The highest BCUT2D eigenvalue weighted by atomic mass is 19.1. The zero-order chi connectivity index (χ0) is 13.2. The van der Waals surface area contributed by atoms with Gasteiger partial charge in [0.25, 0.3) is 0 Å². The molecule has 1 saturated heterocycles. The van der Waals surface area contributed by atoms with Gasteiger partial charge in [-0.15, -0.1) is 0 Å². The smallest absolute Gasteiger partial charge is 0.133 e. The largest absolute Gasteiger partial charge is 0.399 e. The zero-order valence-corrected chi connectivity index (χ0v) is 10.7. The minimum absolute atomic E-state index is 0.272. The van der Waals surface area contributed by atoms with Crippen molar-refractivity contribution >= 4 is 5.69 Å². The Kier molecular flexibility index (Phi) is 3.22. The molecule has 2 aromatic rings. The molecule has 1 atom stereocenters. The quantitative estimate of drug-likeness (QED) is 0.807. The fraction of sp³-hybridized carbons (Fsp3) is 0.250. The third-order valence-electron chi connectivity index (χ3n) is 3.68. The molecule has 0 aliphatic carbocycles. The minimum Gasteiger partial charge on any atom is -0.399 e. The van der Waals surface area contributed by atoms with Crippen LogP contribution in [0.1, 0.15) is 24.4 Å². The highest BCUT2D eigenvalue weighted by Crippen LogP contribution is 2.28. The number of anilines is 1. The molecular formula is C16H17FN2. The Morgan fingerprint density at radius 1 is 1.11 bits per heavy atom. The molecule has 1 fully saturated rings.